The highest BCUT2D eigenvalue weighted by molar-refractivity contribution is 7.98. The number of carbonyl (C=O) groups excluding carboxylic acids is 1. The van der Waals surface area contributed by atoms with Crippen LogP contribution >= 0.6 is 11.8 Å². The van der Waals surface area contributed by atoms with E-state index in [0.29, 0.717) is 0 Å². The van der Waals surface area contributed by atoms with Crippen LogP contribution in [0.25, 0.3) is 6.08 Å². The summed E-state index contributed by atoms with van der Waals surface area (Å²) >= 11 is 1.71. The summed E-state index contributed by atoms with van der Waals surface area (Å²) in [6.07, 6.45) is 11.6. The zero-order valence-electron chi connectivity index (χ0n) is 15.1. The SMILES string of the molecule is CCCCCCc1cccc(SC)c1/C=C/C(=O)OC(C)(C)C. The molecule has 0 spiro atoms. The predicted octanol–water partition coefficient (Wildman–Crippen LogP) is 5.89. The Morgan fingerprint density at radius 2 is 1.96 bits per heavy atom. The van der Waals surface area contributed by atoms with Crippen LogP contribution in [0.5, 0.6) is 0 Å². The number of rotatable bonds is 8. The maximum atomic E-state index is 11.9. The molecule has 1 aromatic carbocycles. The molecule has 0 amide bonds. The van der Waals surface area contributed by atoms with E-state index in [1.54, 1.807) is 17.8 Å². The Hall–Kier alpha value is -1.22. The molecule has 0 aromatic heterocycles. The molecule has 0 heterocycles. The van der Waals surface area contributed by atoms with Gasteiger partial charge in [-0.1, -0.05) is 38.3 Å². The average molecular weight is 335 g/mol. The summed E-state index contributed by atoms with van der Waals surface area (Å²) in [5.74, 6) is -0.287. The molecule has 0 atom stereocenters. The Bertz CT molecular complexity index is 527. The van der Waals surface area contributed by atoms with Gasteiger partial charge in [0.25, 0.3) is 0 Å². The number of aryl methyl sites for hydroxylation is 1. The summed E-state index contributed by atoms with van der Waals surface area (Å²) in [6, 6.07) is 6.38. The molecule has 128 valence electrons. The highest BCUT2D eigenvalue weighted by Crippen LogP contribution is 2.26. The fourth-order valence-corrected chi connectivity index (χ4v) is 3.04. The van der Waals surface area contributed by atoms with Gasteiger partial charge in [-0.2, -0.15) is 0 Å². The number of carbonyl (C=O) groups is 1. The molecule has 23 heavy (non-hydrogen) atoms. The number of ether oxygens (including phenoxy) is 1. The quantitative estimate of drug-likeness (QED) is 0.257. The number of unbranched alkanes of at least 4 members (excludes halogenated alkanes) is 3. The van der Waals surface area contributed by atoms with E-state index in [4.69, 9.17) is 4.74 Å². The molecule has 1 rings (SSSR count). The summed E-state index contributed by atoms with van der Waals surface area (Å²) in [4.78, 5) is 13.1. The second kappa shape index (κ2) is 9.82. The van der Waals surface area contributed by atoms with E-state index in [2.05, 4.69) is 31.4 Å². The second-order valence-electron chi connectivity index (χ2n) is 6.71. The molecule has 0 bridgehead atoms. The monoisotopic (exact) mass is 334 g/mol. The fourth-order valence-electron chi connectivity index (χ4n) is 2.40. The minimum atomic E-state index is -0.455. The van der Waals surface area contributed by atoms with E-state index in [0.717, 1.165) is 12.0 Å². The van der Waals surface area contributed by atoms with Crippen LogP contribution in [0.1, 0.15) is 64.5 Å². The Labute approximate surface area is 145 Å². The van der Waals surface area contributed by atoms with Crippen molar-refractivity contribution in [3.05, 3.63) is 35.4 Å². The van der Waals surface area contributed by atoms with Crippen molar-refractivity contribution in [1.82, 2.24) is 0 Å². The molecule has 0 aliphatic carbocycles. The van der Waals surface area contributed by atoms with E-state index in [1.807, 2.05) is 26.8 Å². The summed E-state index contributed by atoms with van der Waals surface area (Å²) in [5.41, 5.74) is 2.01. The topological polar surface area (TPSA) is 26.3 Å². The summed E-state index contributed by atoms with van der Waals surface area (Å²) in [7, 11) is 0. The Morgan fingerprint density at radius 3 is 2.57 bits per heavy atom. The average Bonchev–Trinajstić information content (AvgIpc) is 2.48. The van der Waals surface area contributed by atoms with Gasteiger partial charge in [-0.05, 0) is 63.1 Å². The first-order chi connectivity index (χ1) is 10.9. The summed E-state index contributed by atoms with van der Waals surface area (Å²) < 4.78 is 5.35. The van der Waals surface area contributed by atoms with Crippen molar-refractivity contribution >= 4 is 23.8 Å². The van der Waals surface area contributed by atoms with Crippen molar-refractivity contribution in [2.45, 2.75) is 70.3 Å². The molecular formula is C20H30O2S. The highest BCUT2D eigenvalue weighted by atomic mass is 32.2. The lowest BCUT2D eigenvalue weighted by molar-refractivity contribution is -0.148. The lowest BCUT2D eigenvalue weighted by atomic mass is 10.0. The van der Waals surface area contributed by atoms with E-state index in [1.165, 1.54) is 36.1 Å². The molecular weight excluding hydrogens is 304 g/mol. The molecule has 0 fully saturated rings. The maximum Gasteiger partial charge on any atom is 0.331 e. The van der Waals surface area contributed by atoms with Crippen LogP contribution in [0.4, 0.5) is 0 Å². The lowest BCUT2D eigenvalue weighted by Gasteiger charge is -2.18. The molecule has 2 nitrogen and oxygen atoms in total. The first-order valence-corrected chi connectivity index (χ1v) is 9.66. The Kier molecular flexibility index (Phi) is 8.46. The van der Waals surface area contributed by atoms with E-state index < -0.39 is 5.60 Å². The number of benzene rings is 1. The third-order valence-corrected chi connectivity index (χ3v) is 4.26. The minimum absolute atomic E-state index is 0.287. The standard InChI is InChI=1S/C20H30O2S/c1-6-7-8-9-11-16-12-10-13-18(23-5)17(16)14-15-19(21)22-20(2,3)4/h10,12-15H,6-9,11H2,1-5H3/b15-14+. The first-order valence-electron chi connectivity index (χ1n) is 8.44. The van der Waals surface area contributed by atoms with E-state index in [9.17, 15) is 4.79 Å². The largest absolute Gasteiger partial charge is 0.457 e. The van der Waals surface area contributed by atoms with E-state index >= 15 is 0 Å². The number of esters is 1. The van der Waals surface area contributed by atoms with Crippen LogP contribution in [-0.4, -0.2) is 17.8 Å². The molecule has 0 aliphatic rings. The minimum Gasteiger partial charge on any atom is -0.457 e. The molecule has 0 saturated heterocycles. The van der Waals surface area contributed by atoms with Gasteiger partial charge in [0.15, 0.2) is 0 Å². The highest BCUT2D eigenvalue weighted by Gasteiger charge is 2.14. The van der Waals surface area contributed by atoms with Crippen LogP contribution < -0.4 is 0 Å². The van der Waals surface area contributed by atoms with Crippen molar-refractivity contribution in [2.75, 3.05) is 6.26 Å². The van der Waals surface area contributed by atoms with Crippen molar-refractivity contribution in [1.29, 1.82) is 0 Å². The van der Waals surface area contributed by atoms with Gasteiger partial charge in [0.2, 0.25) is 0 Å². The predicted molar refractivity (Wildman–Crippen MR) is 101 cm³/mol. The van der Waals surface area contributed by atoms with Gasteiger partial charge in [0.1, 0.15) is 5.60 Å². The maximum absolute atomic E-state index is 11.9. The summed E-state index contributed by atoms with van der Waals surface area (Å²) in [6.45, 7) is 7.87. The van der Waals surface area contributed by atoms with Crippen LogP contribution in [0, 0.1) is 0 Å². The number of hydrogen-bond donors (Lipinski definition) is 0. The van der Waals surface area contributed by atoms with Crippen molar-refractivity contribution in [2.24, 2.45) is 0 Å². The molecule has 1 aromatic rings. The van der Waals surface area contributed by atoms with Crippen molar-refractivity contribution in [3.63, 3.8) is 0 Å². The molecule has 0 unspecified atom stereocenters. The van der Waals surface area contributed by atoms with Crippen molar-refractivity contribution < 1.29 is 9.53 Å². The third-order valence-electron chi connectivity index (χ3n) is 3.47. The molecule has 0 saturated carbocycles. The van der Waals surface area contributed by atoms with E-state index in [-0.39, 0.29) is 5.97 Å². The van der Waals surface area contributed by atoms with Crippen LogP contribution in [0.3, 0.4) is 0 Å². The number of hydrogen-bond acceptors (Lipinski definition) is 3. The zero-order valence-corrected chi connectivity index (χ0v) is 16.0. The molecule has 0 N–H and O–H groups in total. The van der Waals surface area contributed by atoms with Gasteiger partial charge >= 0.3 is 5.97 Å². The second-order valence-corrected chi connectivity index (χ2v) is 7.56. The molecule has 0 radical (unpaired) electrons. The number of thioether (sulfide) groups is 1. The Morgan fingerprint density at radius 1 is 1.22 bits per heavy atom. The zero-order chi connectivity index (χ0) is 17.3. The van der Waals surface area contributed by atoms with Gasteiger partial charge in [-0.15, -0.1) is 11.8 Å². The molecule has 0 aliphatic heterocycles. The third kappa shape index (κ3) is 7.74. The molecule has 3 heteroatoms. The van der Waals surface area contributed by atoms with Crippen LogP contribution in [-0.2, 0) is 16.0 Å². The normalized spacial score (nSPS) is 11.9. The summed E-state index contributed by atoms with van der Waals surface area (Å²) in [5, 5.41) is 0. The van der Waals surface area contributed by atoms with Gasteiger partial charge in [0.05, 0.1) is 0 Å². The fraction of sp³-hybridized carbons (Fsp3) is 0.550. The Balaban J connectivity index is 2.87. The van der Waals surface area contributed by atoms with Gasteiger partial charge in [-0.25, -0.2) is 4.79 Å². The van der Waals surface area contributed by atoms with Gasteiger partial charge < -0.3 is 4.74 Å². The smallest absolute Gasteiger partial charge is 0.331 e. The van der Waals surface area contributed by atoms with Crippen LogP contribution in [0.2, 0.25) is 0 Å². The van der Waals surface area contributed by atoms with Crippen molar-refractivity contribution in [3.8, 4) is 0 Å². The first kappa shape index (κ1) is 19.8. The van der Waals surface area contributed by atoms with Crippen LogP contribution in [0.15, 0.2) is 29.2 Å². The lowest BCUT2D eigenvalue weighted by Crippen LogP contribution is -2.22. The van der Waals surface area contributed by atoms with Gasteiger partial charge in [0, 0.05) is 11.0 Å². The van der Waals surface area contributed by atoms with Gasteiger partial charge in [-0.3, -0.25) is 0 Å².